The Morgan fingerprint density at radius 1 is 0.923 bits per heavy atom. The summed E-state index contributed by atoms with van der Waals surface area (Å²) in [6, 6.07) is 22.7. The monoisotopic (exact) mass is 403 g/mol. The summed E-state index contributed by atoms with van der Waals surface area (Å²) in [5.41, 5.74) is 3.05. The van der Waals surface area contributed by atoms with Crippen LogP contribution in [-0.2, 0) is 0 Å². The maximum absolute atomic E-state index is 12.9. The van der Waals surface area contributed by atoms with Crippen molar-refractivity contribution in [2.75, 3.05) is 5.32 Å². The van der Waals surface area contributed by atoms with Gasteiger partial charge < -0.3 is 5.32 Å². The van der Waals surface area contributed by atoms with Crippen LogP contribution in [-0.4, -0.2) is 15.9 Å². The second kappa shape index (κ2) is 7.06. The number of nitrogens with zero attached hydrogens (tertiary/aromatic N) is 2. The Kier molecular flexibility index (Phi) is 4.46. The molecular formula is C21H14BrN3O. The Morgan fingerprint density at radius 3 is 2.46 bits per heavy atom. The van der Waals surface area contributed by atoms with Crippen molar-refractivity contribution in [2.45, 2.75) is 0 Å². The predicted molar refractivity (Wildman–Crippen MR) is 107 cm³/mol. The van der Waals surface area contributed by atoms with Crippen molar-refractivity contribution in [2.24, 2.45) is 0 Å². The van der Waals surface area contributed by atoms with E-state index in [0.29, 0.717) is 11.4 Å². The van der Waals surface area contributed by atoms with E-state index in [4.69, 9.17) is 4.98 Å². The molecule has 1 N–H and O–H groups in total. The number of rotatable bonds is 3. The highest BCUT2D eigenvalue weighted by Crippen LogP contribution is 2.26. The molecule has 26 heavy (non-hydrogen) atoms. The second-order valence-electron chi connectivity index (χ2n) is 5.75. The Hall–Kier alpha value is -3.05. The number of nitrogens with one attached hydrogen (secondary N) is 1. The fraction of sp³-hybridized carbons (Fsp3) is 0. The minimum absolute atomic E-state index is 0.208. The average Bonchev–Trinajstić information content (AvgIpc) is 2.68. The van der Waals surface area contributed by atoms with Crippen molar-refractivity contribution in [3.05, 3.63) is 89.0 Å². The third kappa shape index (κ3) is 3.34. The van der Waals surface area contributed by atoms with E-state index in [1.807, 2.05) is 66.7 Å². The van der Waals surface area contributed by atoms with Gasteiger partial charge in [-0.3, -0.25) is 4.79 Å². The van der Waals surface area contributed by atoms with Gasteiger partial charge in [0.1, 0.15) is 5.82 Å². The fourth-order valence-corrected chi connectivity index (χ4v) is 3.02. The van der Waals surface area contributed by atoms with Gasteiger partial charge in [-0.1, -0.05) is 52.3 Å². The SMILES string of the molecule is O=C(Nc1ccccn1)c1cc(-c2ccc(Br)cc2)nc2ccccc12. The highest BCUT2D eigenvalue weighted by molar-refractivity contribution is 9.10. The number of fused-ring (bicyclic) bond motifs is 1. The Labute approximate surface area is 159 Å². The first kappa shape index (κ1) is 16.4. The van der Waals surface area contributed by atoms with E-state index in [1.54, 1.807) is 12.3 Å². The number of amides is 1. The third-order valence-corrected chi connectivity index (χ3v) is 4.54. The van der Waals surface area contributed by atoms with Gasteiger partial charge in [-0.15, -0.1) is 0 Å². The molecule has 2 heterocycles. The largest absolute Gasteiger partial charge is 0.307 e. The predicted octanol–water partition coefficient (Wildman–Crippen LogP) is 5.31. The lowest BCUT2D eigenvalue weighted by Gasteiger charge is -2.10. The maximum Gasteiger partial charge on any atom is 0.257 e. The molecule has 0 saturated carbocycles. The molecule has 0 unspecified atom stereocenters. The molecule has 2 aromatic heterocycles. The fourth-order valence-electron chi connectivity index (χ4n) is 2.75. The lowest BCUT2D eigenvalue weighted by molar-refractivity contribution is 0.102. The molecule has 0 saturated heterocycles. The molecule has 5 heteroatoms. The van der Waals surface area contributed by atoms with Crippen LogP contribution in [0.1, 0.15) is 10.4 Å². The van der Waals surface area contributed by atoms with E-state index in [1.165, 1.54) is 0 Å². The van der Waals surface area contributed by atoms with Gasteiger partial charge in [0.2, 0.25) is 0 Å². The third-order valence-electron chi connectivity index (χ3n) is 4.01. The first-order valence-corrected chi connectivity index (χ1v) is 8.88. The number of hydrogen-bond acceptors (Lipinski definition) is 3. The van der Waals surface area contributed by atoms with Crippen molar-refractivity contribution >= 4 is 38.6 Å². The van der Waals surface area contributed by atoms with E-state index in [0.717, 1.165) is 26.6 Å². The van der Waals surface area contributed by atoms with Crippen LogP contribution in [0.25, 0.3) is 22.2 Å². The highest BCUT2D eigenvalue weighted by atomic mass is 79.9. The van der Waals surface area contributed by atoms with Gasteiger partial charge in [-0.25, -0.2) is 9.97 Å². The minimum atomic E-state index is -0.208. The van der Waals surface area contributed by atoms with E-state index >= 15 is 0 Å². The zero-order valence-electron chi connectivity index (χ0n) is 13.7. The number of anilines is 1. The molecule has 0 aliphatic heterocycles. The summed E-state index contributed by atoms with van der Waals surface area (Å²) in [5.74, 6) is 0.309. The van der Waals surface area contributed by atoms with Crippen molar-refractivity contribution < 1.29 is 4.79 Å². The summed E-state index contributed by atoms with van der Waals surface area (Å²) in [5, 5.41) is 3.66. The van der Waals surface area contributed by atoms with Crippen molar-refractivity contribution in [1.29, 1.82) is 0 Å². The zero-order valence-corrected chi connectivity index (χ0v) is 15.3. The summed E-state index contributed by atoms with van der Waals surface area (Å²) in [6.07, 6.45) is 1.65. The van der Waals surface area contributed by atoms with Crippen LogP contribution in [0.3, 0.4) is 0 Å². The van der Waals surface area contributed by atoms with Crippen LogP contribution in [0, 0.1) is 0 Å². The lowest BCUT2D eigenvalue weighted by atomic mass is 10.0. The highest BCUT2D eigenvalue weighted by Gasteiger charge is 2.14. The summed E-state index contributed by atoms with van der Waals surface area (Å²) < 4.78 is 0.996. The molecule has 4 aromatic rings. The summed E-state index contributed by atoms with van der Waals surface area (Å²) in [7, 11) is 0. The van der Waals surface area contributed by atoms with Gasteiger partial charge in [-0.2, -0.15) is 0 Å². The van der Waals surface area contributed by atoms with E-state index in [9.17, 15) is 4.79 Å². The molecular weight excluding hydrogens is 390 g/mol. The van der Waals surface area contributed by atoms with Crippen LogP contribution in [0.4, 0.5) is 5.82 Å². The number of benzene rings is 2. The van der Waals surface area contributed by atoms with Crippen molar-refractivity contribution in [3.8, 4) is 11.3 Å². The molecule has 126 valence electrons. The number of para-hydroxylation sites is 1. The van der Waals surface area contributed by atoms with Crippen molar-refractivity contribution in [3.63, 3.8) is 0 Å². The van der Waals surface area contributed by atoms with Gasteiger partial charge in [0.25, 0.3) is 5.91 Å². The molecule has 4 nitrogen and oxygen atoms in total. The van der Waals surface area contributed by atoms with Gasteiger partial charge >= 0.3 is 0 Å². The quantitative estimate of drug-likeness (QED) is 0.504. The molecule has 2 aromatic carbocycles. The molecule has 0 aliphatic carbocycles. The summed E-state index contributed by atoms with van der Waals surface area (Å²) in [4.78, 5) is 21.8. The van der Waals surface area contributed by atoms with Gasteiger partial charge in [0.15, 0.2) is 0 Å². The van der Waals surface area contributed by atoms with Gasteiger partial charge in [-0.05, 0) is 36.4 Å². The smallest absolute Gasteiger partial charge is 0.257 e. The number of pyridine rings is 2. The molecule has 0 spiro atoms. The lowest BCUT2D eigenvalue weighted by Crippen LogP contribution is -2.14. The molecule has 0 radical (unpaired) electrons. The van der Waals surface area contributed by atoms with Gasteiger partial charge in [0.05, 0.1) is 16.8 Å². The van der Waals surface area contributed by atoms with E-state index in [-0.39, 0.29) is 5.91 Å². The van der Waals surface area contributed by atoms with Crippen LogP contribution >= 0.6 is 15.9 Å². The van der Waals surface area contributed by atoms with E-state index in [2.05, 4.69) is 26.2 Å². The number of halogens is 1. The molecule has 0 aliphatic rings. The van der Waals surface area contributed by atoms with Crippen LogP contribution in [0.5, 0.6) is 0 Å². The summed E-state index contributed by atoms with van der Waals surface area (Å²) >= 11 is 3.44. The normalized spacial score (nSPS) is 10.7. The van der Waals surface area contributed by atoms with Crippen LogP contribution < -0.4 is 5.32 Å². The second-order valence-corrected chi connectivity index (χ2v) is 6.66. The van der Waals surface area contributed by atoms with Crippen LogP contribution in [0.15, 0.2) is 83.5 Å². The molecule has 4 rings (SSSR count). The molecule has 0 atom stereocenters. The van der Waals surface area contributed by atoms with E-state index < -0.39 is 0 Å². The van der Waals surface area contributed by atoms with Crippen LogP contribution in [0.2, 0.25) is 0 Å². The standard InChI is InChI=1S/C21H14BrN3O/c22-15-10-8-14(9-11-15)19-13-17(16-5-1-2-6-18(16)24-19)21(26)25-20-7-3-4-12-23-20/h1-13H,(H,23,25,26). The molecule has 0 bridgehead atoms. The molecule has 0 fully saturated rings. The number of carbonyl (C=O) groups is 1. The minimum Gasteiger partial charge on any atom is -0.307 e. The number of hydrogen-bond donors (Lipinski definition) is 1. The van der Waals surface area contributed by atoms with Crippen molar-refractivity contribution in [1.82, 2.24) is 9.97 Å². The number of aromatic nitrogens is 2. The van der Waals surface area contributed by atoms with Gasteiger partial charge in [0, 0.05) is 21.6 Å². The maximum atomic E-state index is 12.9. The Balaban J connectivity index is 1.82. The first-order chi connectivity index (χ1) is 12.7. The Morgan fingerprint density at radius 2 is 1.69 bits per heavy atom. The zero-order chi connectivity index (χ0) is 17.9. The molecule has 1 amide bonds. The summed E-state index contributed by atoms with van der Waals surface area (Å²) in [6.45, 7) is 0. The first-order valence-electron chi connectivity index (χ1n) is 8.09. The Bertz CT molecular complexity index is 1080. The average molecular weight is 404 g/mol. The number of carbonyl (C=O) groups excluding carboxylic acids is 1. The topological polar surface area (TPSA) is 54.9 Å².